The van der Waals surface area contributed by atoms with E-state index in [-0.39, 0.29) is 25.9 Å². The highest BCUT2D eigenvalue weighted by Crippen LogP contribution is 2.38. The molecule has 2 aromatic carbocycles. The Morgan fingerprint density at radius 3 is 1.44 bits per heavy atom. The van der Waals surface area contributed by atoms with Crippen LogP contribution in [0.25, 0.3) is 0 Å². The molecule has 2 aromatic rings. The van der Waals surface area contributed by atoms with Gasteiger partial charge in [-0.05, 0) is 15.7 Å². The Kier molecular flexibility index (Phi) is 11.3. The molecule has 2 rings (SSSR count). The first-order valence-corrected chi connectivity index (χ1v) is 12.1. The van der Waals surface area contributed by atoms with Crippen LogP contribution in [0.15, 0.2) is 86.0 Å². The summed E-state index contributed by atoms with van der Waals surface area (Å²) in [4.78, 5) is 25.6. The summed E-state index contributed by atoms with van der Waals surface area (Å²) in [7, 11) is 0.204. The molecule has 0 radical (unpaired) electrons. The maximum atomic E-state index is 14.0. The molecular formula is C26H32N2O5P+. The van der Waals surface area contributed by atoms with Gasteiger partial charge < -0.3 is 9.47 Å². The molecule has 0 saturated carbocycles. The molecule has 0 saturated heterocycles. The van der Waals surface area contributed by atoms with Crippen LogP contribution in [-0.4, -0.2) is 60.7 Å². The zero-order valence-electron chi connectivity index (χ0n) is 19.7. The van der Waals surface area contributed by atoms with Gasteiger partial charge in [-0.15, -0.1) is 13.2 Å². The number of carbonyl (C=O) groups excluding carboxylic acids is 2. The quantitative estimate of drug-likeness (QED) is 0.227. The van der Waals surface area contributed by atoms with E-state index in [1.165, 1.54) is 23.6 Å². The smallest absolute Gasteiger partial charge is 0.468 e. The molecule has 8 heteroatoms. The maximum Gasteiger partial charge on any atom is 0.539 e. The number of methoxy groups -OCH3 is 2. The van der Waals surface area contributed by atoms with E-state index in [1.54, 1.807) is 12.2 Å². The second kappa shape index (κ2) is 14.2. The van der Waals surface area contributed by atoms with E-state index in [4.69, 9.17) is 9.47 Å². The monoisotopic (exact) mass is 483 g/mol. The zero-order valence-corrected chi connectivity index (χ0v) is 20.6. The number of hydrogen-bond donors (Lipinski definition) is 0. The summed E-state index contributed by atoms with van der Waals surface area (Å²) >= 11 is 0. The van der Waals surface area contributed by atoms with Crippen molar-refractivity contribution in [2.45, 2.75) is 24.9 Å². The number of benzene rings is 2. The van der Waals surface area contributed by atoms with Crippen molar-refractivity contribution in [2.24, 2.45) is 0 Å². The topological polar surface area (TPSA) is 76.2 Å². The third-order valence-corrected chi connectivity index (χ3v) is 7.04. The molecule has 0 bridgehead atoms. The largest absolute Gasteiger partial charge is 0.539 e. The van der Waals surface area contributed by atoms with Gasteiger partial charge >= 0.3 is 20.0 Å². The normalized spacial score (nSPS) is 12.6. The first-order valence-electron chi connectivity index (χ1n) is 10.9. The summed E-state index contributed by atoms with van der Waals surface area (Å²) in [6.45, 7) is 7.84. The number of nitrogens with zero attached hydrogens (tertiary/aromatic N) is 2. The lowest BCUT2D eigenvalue weighted by atomic mass is 10.1. The first kappa shape index (κ1) is 27.1. The minimum absolute atomic E-state index is 0.147. The fourth-order valence-corrected chi connectivity index (χ4v) is 5.25. The molecule has 0 spiro atoms. The van der Waals surface area contributed by atoms with Gasteiger partial charge in [0.1, 0.15) is 0 Å². The lowest BCUT2D eigenvalue weighted by Gasteiger charge is -2.26. The van der Waals surface area contributed by atoms with Crippen LogP contribution in [0.2, 0.25) is 0 Å². The summed E-state index contributed by atoms with van der Waals surface area (Å²) in [5.41, 5.74) is 1.78. The van der Waals surface area contributed by atoms with Gasteiger partial charge in [-0.1, -0.05) is 82.2 Å². The molecule has 34 heavy (non-hydrogen) atoms. The van der Waals surface area contributed by atoms with Gasteiger partial charge in [-0.2, -0.15) is 0 Å². The molecule has 0 heterocycles. The average molecular weight is 484 g/mol. The number of rotatable bonds is 14. The third-order valence-electron chi connectivity index (χ3n) is 5.28. The molecule has 2 atom stereocenters. The Hall–Kier alpha value is -3.12. The van der Waals surface area contributed by atoms with Gasteiger partial charge in [-0.3, -0.25) is 9.59 Å². The summed E-state index contributed by atoms with van der Waals surface area (Å²) in [6, 6.07) is 17.1. The molecule has 0 N–H and O–H groups in total. The van der Waals surface area contributed by atoms with Crippen molar-refractivity contribution in [1.82, 2.24) is 9.34 Å². The van der Waals surface area contributed by atoms with Crippen LogP contribution in [0, 0.1) is 0 Å². The predicted molar refractivity (Wildman–Crippen MR) is 133 cm³/mol. The molecule has 0 aliphatic rings. The van der Waals surface area contributed by atoms with E-state index in [0.717, 1.165) is 11.1 Å². The van der Waals surface area contributed by atoms with Crippen LogP contribution in [0.5, 0.6) is 0 Å². The van der Waals surface area contributed by atoms with Crippen molar-refractivity contribution in [1.29, 1.82) is 0 Å². The minimum atomic E-state index is -2.39. The second-order valence-electron chi connectivity index (χ2n) is 7.53. The van der Waals surface area contributed by atoms with E-state index in [0.29, 0.717) is 0 Å². The van der Waals surface area contributed by atoms with E-state index < -0.39 is 32.1 Å². The van der Waals surface area contributed by atoms with E-state index in [9.17, 15) is 14.2 Å². The average Bonchev–Trinajstić information content (AvgIpc) is 2.88. The van der Waals surface area contributed by atoms with Gasteiger partial charge in [0, 0.05) is 12.8 Å². The van der Waals surface area contributed by atoms with Crippen molar-refractivity contribution in [3.05, 3.63) is 97.1 Å². The zero-order chi connectivity index (χ0) is 24.9. The van der Waals surface area contributed by atoms with Gasteiger partial charge in [-0.25, -0.2) is 0 Å². The molecule has 0 aliphatic carbocycles. The molecule has 7 nitrogen and oxygen atoms in total. The second-order valence-corrected chi connectivity index (χ2v) is 9.06. The first-order chi connectivity index (χ1) is 16.5. The van der Waals surface area contributed by atoms with Crippen molar-refractivity contribution in [3.63, 3.8) is 0 Å². The Morgan fingerprint density at radius 1 is 0.794 bits per heavy atom. The lowest BCUT2D eigenvalue weighted by Crippen LogP contribution is -2.46. The molecule has 0 unspecified atom stereocenters. The van der Waals surface area contributed by atoms with Gasteiger partial charge in [0.15, 0.2) is 12.1 Å². The van der Waals surface area contributed by atoms with E-state index in [1.807, 2.05) is 60.7 Å². The highest BCUT2D eigenvalue weighted by molar-refractivity contribution is 7.39. The summed E-state index contributed by atoms with van der Waals surface area (Å²) < 4.78 is 27.2. The van der Waals surface area contributed by atoms with Crippen molar-refractivity contribution < 1.29 is 23.6 Å². The Balaban J connectivity index is 2.46. The fourth-order valence-electron chi connectivity index (χ4n) is 3.61. The predicted octanol–water partition coefficient (Wildman–Crippen LogP) is 4.19. The van der Waals surface area contributed by atoms with Crippen LogP contribution in [0.4, 0.5) is 0 Å². The standard InChI is InChI=1S/C26H32N2O5P/c1-5-17-27(23(25(29)32-3)19-21-13-9-7-10-14-21)34(31)28(18-6-2)24(26(30)33-4)20-22-15-11-8-12-16-22/h5-16,23-24H,1-2,17-20H2,3-4H3/q+1/t23-,24-/m0/s1. The SMILES string of the molecule is C=CCN([C@@H](Cc1ccccc1)C(=O)OC)[P+](=O)N(CC=C)[C@@H](Cc1ccccc1)C(=O)OC. The Labute approximate surface area is 202 Å². The summed E-state index contributed by atoms with van der Waals surface area (Å²) in [5.74, 6) is -1.05. The maximum absolute atomic E-state index is 14.0. The fraction of sp³-hybridized carbons (Fsp3) is 0.308. The van der Waals surface area contributed by atoms with E-state index >= 15 is 0 Å². The summed E-state index contributed by atoms with van der Waals surface area (Å²) in [5, 5.41) is 0. The Morgan fingerprint density at radius 2 is 1.15 bits per heavy atom. The molecule has 0 aromatic heterocycles. The van der Waals surface area contributed by atoms with Crippen molar-refractivity contribution in [2.75, 3.05) is 27.3 Å². The summed E-state index contributed by atoms with van der Waals surface area (Å²) in [6.07, 6.45) is 3.72. The van der Waals surface area contributed by atoms with Crippen LogP contribution >= 0.6 is 8.10 Å². The third kappa shape index (κ3) is 7.45. The van der Waals surface area contributed by atoms with Crippen molar-refractivity contribution >= 4 is 20.0 Å². The lowest BCUT2D eigenvalue weighted by molar-refractivity contribution is -0.145. The molecular weight excluding hydrogens is 451 g/mol. The van der Waals surface area contributed by atoms with Crippen molar-refractivity contribution in [3.8, 4) is 0 Å². The van der Waals surface area contributed by atoms with Gasteiger partial charge in [0.25, 0.3) is 0 Å². The molecule has 0 aliphatic heterocycles. The molecule has 0 amide bonds. The number of carbonyl (C=O) groups is 2. The van der Waals surface area contributed by atoms with Crippen LogP contribution < -0.4 is 0 Å². The van der Waals surface area contributed by atoms with Crippen LogP contribution in [0.3, 0.4) is 0 Å². The molecule has 180 valence electrons. The molecule has 0 fully saturated rings. The highest BCUT2D eigenvalue weighted by Gasteiger charge is 2.48. The van der Waals surface area contributed by atoms with Gasteiger partial charge in [0.05, 0.1) is 27.3 Å². The minimum Gasteiger partial charge on any atom is -0.468 e. The number of ether oxygens (including phenoxy) is 2. The highest BCUT2D eigenvalue weighted by atomic mass is 31.1. The van der Waals surface area contributed by atoms with Gasteiger partial charge in [0.2, 0.25) is 0 Å². The van der Waals surface area contributed by atoms with E-state index in [2.05, 4.69) is 13.2 Å². The number of esters is 2. The van der Waals surface area contributed by atoms with Crippen LogP contribution in [0.1, 0.15) is 11.1 Å². The van der Waals surface area contributed by atoms with Crippen LogP contribution in [-0.2, 0) is 36.5 Å². The number of hydrogen-bond acceptors (Lipinski definition) is 5. The Bertz CT molecular complexity index is 890.